The van der Waals surface area contributed by atoms with E-state index in [1.807, 2.05) is 0 Å². The van der Waals surface area contributed by atoms with E-state index >= 15 is 0 Å². The lowest BCUT2D eigenvalue weighted by atomic mass is 9.83. The smallest absolute Gasteiger partial charge is 0.405 e. The van der Waals surface area contributed by atoms with Gasteiger partial charge in [-0.05, 0) is 31.6 Å². The monoisotopic (exact) mass is 359 g/mol. The number of alkyl halides is 2. The molecular weight excluding hydrogens is 332 g/mol. The zero-order chi connectivity index (χ0) is 18.0. The van der Waals surface area contributed by atoms with Crippen LogP contribution in [0.5, 0.6) is 0 Å². The van der Waals surface area contributed by atoms with Gasteiger partial charge in [-0.15, -0.1) is 0 Å². The van der Waals surface area contributed by atoms with Crippen LogP contribution in [0, 0.1) is 5.92 Å². The third-order valence-corrected chi connectivity index (χ3v) is 5.83. The summed E-state index contributed by atoms with van der Waals surface area (Å²) in [5.41, 5.74) is 0. The maximum atomic E-state index is 13.0. The second-order valence-electron chi connectivity index (χ2n) is 7.64. The SMILES string of the molecule is O=C(O)NC(C(=O)N1CCC(N2CC(F)(F)C2)CC1)C1CCCCC1. The molecule has 2 aliphatic heterocycles. The van der Waals surface area contributed by atoms with Gasteiger partial charge in [-0.2, -0.15) is 0 Å². The van der Waals surface area contributed by atoms with E-state index in [0.29, 0.717) is 25.9 Å². The number of piperidine rings is 1. The number of carbonyl (C=O) groups is 2. The maximum Gasteiger partial charge on any atom is 0.405 e. The van der Waals surface area contributed by atoms with Gasteiger partial charge in [0.2, 0.25) is 5.91 Å². The van der Waals surface area contributed by atoms with E-state index in [9.17, 15) is 18.4 Å². The van der Waals surface area contributed by atoms with Crippen molar-refractivity contribution in [2.24, 2.45) is 5.92 Å². The normalized spacial score (nSPS) is 26.7. The van der Waals surface area contributed by atoms with E-state index in [0.717, 1.165) is 32.1 Å². The first-order valence-electron chi connectivity index (χ1n) is 9.26. The van der Waals surface area contributed by atoms with Gasteiger partial charge in [0.1, 0.15) is 6.04 Å². The maximum absolute atomic E-state index is 13.0. The molecule has 2 N–H and O–H groups in total. The summed E-state index contributed by atoms with van der Waals surface area (Å²) in [6, 6.07) is -0.577. The predicted molar refractivity (Wildman–Crippen MR) is 87.6 cm³/mol. The average Bonchev–Trinajstić information content (AvgIpc) is 2.58. The number of amides is 2. The highest BCUT2D eigenvalue weighted by Gasteiger charge is 2.47. The number of hydrogen-bond donors (Lipinski definition) is 2. The lowest BCUT2D eigenvalue weighted by Crippen LogP contribution is -2.62. The number of halogens is 2. The molecule has 3 fully saturated rings. The van der Waals surface area contributed by atoms with Crippen LogP contribution in [0.4, 0.5) is 13.6 Å². The van der Waals surface area contributed by atoms with Gasteiger partial charge < -0.3 is 15.3 Å². The highest BCUT2D eigenvalue weighted by Crippen LogP contribution is 2.32. The minimum Gasteiger partial charge on any atom is -0.465 e. The number of carboxylic acid groups (broad SMARTS) is 1. The Morgan fingerprint density at radius 2 is 1.64 bits per heavy atom. The predicted octanol–water partition coefficient (Wildman–Crippen LogP) is 2.14. The second kappa shape index (κ2) is 7.43. The van der Waals surface area contributed by atoms with Crippen LogP contribution in [0.2, 0.25) is 0 Å². The van der Waals surface area contributed by atoms with Crippen LogP contribution in [-0.4, -0.2) is 71.1 Å². The molecule has 1 atom stereocenters. The van der Waals surface area contributed by atoms with Crippen molar-refractivity contribution in [3.05, 3.63) is 0 Å². The lowest BCUT2D eigenvalue weighted by molar-refractivity contribution is -0.155. The Morgan fingerprint density at radius 3 is 2.16 bits per heavy atom. The molecule has 3 aliphatic rings. The van der Waals surface area contributed by atoms with Crippen LogP contribution < -0.4 is 5.32 Å². The van der Waals surface area contributed by atoms with Crippen LogP contribution in [0.1, 0.15) is 44.9 Å². The van der Waals surface area contributed by atoms with Crippen molar-refractivity contribution in [3.8, 4) is 0 Å². The van der Waals surface area contributed by atoms with Crippen LogP contribution in [0.3, 0.4) is 0 Å². The zero-order valence-corrected chi connectivity index (χ0v) is 14.4. The Labute approximate surface area is 146 Å². The minimum absolute atomic E-state index is 0.0594. The molecule has 2 saturated heterocycles. The molecule has 2 heterocycles. The summed E-state index contributed by atoms with van der Waals surface area (Å²) in [4.78, 5) is 27.5. The Kier molecular flexibility index (Phi) is 5.46. The minimum atomic E-state index is -2.57. The average molecular weight is 359 g/mol. The van der Waals surface area contributed by atoms with Crippen molar-refractivity contribution in [2.45, 2.75) is 63.0 Å². The molecule has 0 radical (unpaired) electrons. The topological polar surface area (TPSA) is 72.9 Å². The highest BCUT2D eigenvalue weighted by molar-refractivity contribution is 5.85. The summed E-state index contributed by atoms with van der Waals surface area (Å²) < 4.78 is 26.0. The fourth-order valence-corrected chi connectivity index (χ4v) is 4.44. The van der Waals surface area contributed by atoms with Crippen LogP contribution >= 0.6 is 0 Å². The van der Waals surface area contributed by atoms with Crippen molar-refractivity contribution in [1.29, 1.82) is 0 Å². The zero-order valence-electron chi connectivity index (χ0n) is 14.4. The van der Waals surface area contributed by atoms with Crippen molar-refractivity contribution >= 4 is 12.0 Å². The lowest BCUT2D eigenvalue weighted by Gasteiger charge is -2.47. The first-order valence-corrected chi connectivity index (χ1v) is 9.26. The Bertz CT molecular complexity index is 495. The van der Waals surface area contributed by atoms with Gasteiger partial charge >= 0.3 is 6.09 Å². The largest absolute Gasteiger partial charge is 0.465 e. The van der Waals surface area contributed by atoms with Gasteiger partial charge in [-0.1, -0.05) is 19.3 Å². The molecule has 0 aromatic rings. The Balaban J connectivity index is 1.54. The fraction of sp³-hybridized carbons (Fsp3) is 0.882. The number of hydrogen-bond acceptors (Lipinski definition) is 3. The molecule has 8 heteroatoms. The van der Waals surface area contributed by atoms with Gasteiger partial charge in [0, 0.05) is 19.1 Å². The molecule has 2 amide bonds. The molecule has 3 rings (SSSR count). The summed E-state index contributed by atoms with van der Waals surface area (Å²) >= 11 is 0. The number of nitrogens with one attached hydrogen (secondary N) is 1. The number of nitrogens with zero attached hydrogens (tertiary/aromatic N) is 2. The molecule has 142 valence electrons. The standard InChI is InChI=1S/C17H27F2N3O3/c18-17(19)10-22(11-17)13-6-8-21(9-7-13)15(23)14(20-16(24)25)12-4-2-1-3-5-12/h12-14,20H,1-11H2,(H,24,25). The van der Waals surface area contributed by atoms with Crippen LogP contribution in [0.25, 0.3) is 0 Å². The molecule has 0 spiro atoms. The third-order valence-electron chi connectivity index (χ3n) is 5.83. The summed E-state index contributed by atoms with van der Waals surface area (Å²) in [5, 5.41) is 11.5. The second-order valence-corrected chi connectivity index (χ2v) is 7.64. The number of likely N-dealkylation sites (tertiary alicyclic amines) is 2. The number of rotatable bonds is 4. The molecule has 1 unspecified atom stereocenters. The first-order chi connectivity index (χ1) is 11.9. The van der Waals surface area contributed by atoms with Crippen molar-refractivity contribution in [2.75, 3.05) is 26.2 Å². The highest BCUT2D eigenvalue weighted by atomic mass is 19.3. The summed E-state index contributed by atoms with van der Waals surface area (Å²) in [6.07, 6.45) is 5.12. The van der Waals surface area contributed by atoms with Gasteiger partial charge in [-0.3, -0.25) is 9.69 Å². The quantitative estimate of drug-likeness (QED) is 0.807. The van der Waals surface area contributed by atoms with E-state index in [1.54, 1.807) is 9.80 Å². The van der Waals surface area contributed by atoms with Crippen LogP contribution in [-0.2, 0) is 4.79 Å². The molecule has 1 aliphatic carbocycles. The van der Waals surface area contributed by atoms with E-state index in [-0.39, 0.29) is 31.0 Å². The van der Waals surface area contributed by atoms with Gasteiger partial charge in [-0.25, -0.2) is 13.6 Å². The third kappa shape index (κ3) is 4.40. The van der Waals surface area contributed by atoms with Gasteiger partial charge in [0.15, 0.2) is 0 Å². The van der Waals surface area contributed by atoms with E-state index in [4.69, 9.17) is 5.11 Å². The Hall–Kier alpha value is -1.44. The molecule has 6 nitrogen and oxygen atoms in total. The number of carbonyl (C=O) groups excluding carboxylic acids is 1. The van der Waals surface area contributed by atoms with Crippen molar-refractivity contribution in [1.82, 2.24) is 15.1 Å². The molecule has 0 aromatic heterocycles. The van der Waals surface area contributed by atoms with E-state index < -0.39 is 18.1 Å². The molecule has 25 heavy (non-hydrogen) atoms. The Morgan fingerprint density at radius 1 is 1.04 bits per heavy atom. The van der Waals surface area contributed by atoms with Crippen molar-refractivity contribution in [3.63, 3.8) is 0 Å². The molecule has 0 bridgehead atoms. The summed E-state index contributed by atoms with van der Waals surface area (Å²) in [6.45, 7) is 0.653. The molecule has 0 aromatic carbocycles. The molecular formula is C17H27F2N3O3. The fourth-order valence-electron chi connectivity index (χ4n) is 4.44. The van der Waals surface area contributed by atoms with Crippen LogP contribution in [0.15, 0.2) is 0 Å². The van der Waals surface area contributed by atoms with E-state index in [2.05, 4.69) is 5.32 Å². The van der Waals surface area contributed by atoms with E-state index in [1.165, 1.54) is 0 Å². The van der Waals surface area contributed by atoms with Gasteiger partial charge in [0.25, 0.3) is 5.92 Å². The molecule has 1 saturated carbocycles. The van der Waals surface area contributed by atoms with Crippen molar-refractivity contribution < 1.29 is 23.5 Å². The summed E-state index contributed by atoms with van der Waals surface area (Å²) in [5.74, 6) is -2.66. The van der Waals surface area contributed by atoms with Gasteiger partial charge in [0.05, 0.1) is 13.1 Å². The summed E-state index contributed by atoms with van der Waals surface area (Å²) in [7, 11) is 0. The first kappa shape index (κ1) is 18.4.